The van der Waals surface area contributed by atoms with Crippen LogP contribution in [-0.4, -0.2) is 102 Å². The van der Waals surface area contributed by atoms with Gasteiger partial charge in [0.15, 0.2) is 0 Å². The summed E-state index contributed by atoms with van der Waals surface area (Å²) in [5.41, 5.74) is 1.64. The van der Waals surface area contributed by atoms with Crippen molar-refractivity contribution in [3.8, 4) is 0 Å². The fourth-order valence-corrected chi connectivity index (χ4v) is 6.05. The maximum Gasteiger partial charge on any atom is 0.328 e. The van der Waals surface area contributed by atoms with Crippen LogP contribution in [0.3, 0.4) is 0 Å². The number of alkyl halides is 1. The third kappa shape index (κ3) is 13.6. The van der Waals surface area contributed by atoms with Crippen LogP contribution in [0.2, 0.25) is 0 Å². The fraction of sp³-hybridized carbons (Fsp3) is 0.556. The molecule has 3 aromatic rings. The molecule has 2 aliphatic rings. The summed E-state index contributed by atoms with van der Waals surface area (Å²) in [6, 6.07) is 10.00. The Labute approximate surface area is 348 Å². The highest BCUT2D eigenvalue weighted by atomic mass is 19.1. The second-order valence-electron chi connectivity index (χ2n) is 19.1. The summed E-state index contributed by atoms with van der Waals surface area (Å²) >= 11 is 0. The van der Waals surface area contributed by atoms with E-state index in [1.54, 1.807) is 48.6 Å². The fourth-order valence-electron chi connectivity index (χ4n) is 6.05. The number of carboxylic acids is 2. The van der Waals surface area contributed by atoms with Crippen LogP contribution in [0.5, 0.6) is 0 Å². The molecular formula is C45H63FN6O7. The van der Waals surface area contributed by atoms with E-state index in [9.17, 15) is 28.4 Å². The van der Waals surface area contributed by atoms with E-state index in [2.05, 4.69) is 82.6 Å². The van der Waals surface area contributed by atoms with Gasteiger partial charge in [-0.15, -0.1) is 0 Å². The standard InChI is InChI=1S/C16H23FN2O.C15H20N2O3.C14H20N2O3/c1-15(2,3)12-5-6-13(18-11-12)14(20)19-9-7-16(4,17)8-10-19;1-15(2,3)10-6-7-11(16-9-10)13(18)17-8-4-5-12(17)14(19)20;1-13(2,3)9-6-7-10(15-8-9)11(17)16-14(4,5)12(18)19/h5-6,11H,7-10H2,1-4H3;6-7,9,12H,4-5,8H2,1-3H3,(H,19,20);6-8H,1-5H3,(H,16,17)(H,18,19)/t;12-;/m.1./s1. The number of nitrogens with zero attached hydrogens (tertiary/aromatic N) is 5. The molecule has 5 heterocycles. The van der Waals surface area contributed by atoms with Crippen LogP contribution < -0.4 is 5.32 Å². The number of hydrogen-bond acceptors (Lipinski definition) is 8. The lowest BCUT2D eigenvalue weighted by Crippen LogP contribution is -2.49. The smallest absolute Gasteiger partial charge is 0.328 e. The number of carboxylic acid groups (broad SMARTS) is 2. The first-order valence-electron chi connectivity index (χ1n) is 20.0. The van der Waals surface area contributed by atoms with Crippen LogP contribution in [0.25, 0.3) is 0 Å². The predicted octanol–water partition coefficient (Wildman–Crippen LogP) is 7.38. The van der Waals surface area contributed by atoms with Gasteiger partial charge in [-0.3, -0.25) is 29.3 Å². The van der Waals surface area contributed by atoms with E-state index in [1.807, 2.05) is 18.2 Å². The normalized spacial score (nSPS) is 16.8. The van der Waals surface area contributed by atoms with Crippen molar-refractivity contribution >= 4 is 29.7 Å². The molecule has 0 saturated carbocycles. The Bertz CT molecular complexity index is 1930. The minimum atomic E-state index is -1.32. The largest absolute Gasteiger partial charge is 0.480 e. The number of amides is 3. The van der Waals surface area contributed by atoms with E-state index in [1.165, 1.54) is 18.7 Å². The van der Waals surface area contributed by atoms with Crippen LogP contribution in [0.1, 0.15) is 157 Å². The average Bonchev–Trinajstić information content (AvgIpc) is 3.65. The van der Waals surface area contributed by atoms with Gasteiger partial charge in [0.05, 0.1) is 0 Å². The van der Waals surface area contributed by atoms with E-state index in [-0.39, 0.29) is 33.8 Å². The van der Waals surface area contributed by atoms with Gasteiger partial charge in [0.1, 0.15) is 34.3 Å². The number of carbonyl (C=O) groups is 5. The molecule has 2 aliphatic heterocycles. The van der Waals surface area contributed by atoms with Crippen LogP contribution >= 0.6 is 0 Å². The first-order valence-corrected chi connectivity index (χ1v) is 20.0. The van der Waals surface area contributed by atoms with E-state index in [0.717, 1.165) is 23.1 Å². The summed E-state index contributed by atoms with van der Waals surface area (Å²) < 4.78 is 13.7. The van der Waals surface area contributed by atoms with Crippen molar-refractivity contribution < 1.29 is 38.6 Å². The Morgan fingerprint density at radius 1 is 0.661 bits per heavy atom. The number of pyridine rings is 3. The summed E-state index contributed by atoms with van der Waals surface area (Å²) in [5.74, 6) is -2.92. The molecule has 14 heteroatoms. The van der Waals surface area contributed by atoms with Crippen LogP contribution in [0.15, 0.2) is 55.0 Å². The number of rotatable bonds is 6. The van der Waals surface area contributed by atoms with Gasteiger partial charge in [0.2, 0.25) is 0 Å². The Kier molecular flexibility index (Phi) is 15.3. The molecule has 59 heavy (non-hydrogen) atoms. The number of piperidine rings is 1. The summed E-state index contributed by atoms with van der Waals surface area (Å²) in [5, 5.41) is 20.5. The molecule has 0 aliphatic carbocycles. The van der Waals surface area contributed by atoms with Gasteiger partial charge in [-0.05, 0) is 97.6 Å². The van der Waals surface area contributed by atoms with Gasteiger partial charge in [-0.25, -0.2) is 14.0 Å². The Balaban J connectivity index is 0.000000237. The molecule has 0 aromatic carbocycles. The minimum Gasteiger partial charge on any atom is -0.480 e. The number of aromatic nitrogens is 3. The number of carbonyl (C=O) groups excluding carboxylic acids is 3. The first-order chi connectivity index (χ1) is 27.0. The van der Waals surface area contributed by atoms with Gasteiger partial charge in [-0.1, -0.05) is 80.5 Å². The van der Waals surface area contributed by atoms with Crippen molar-refractivity contribution in [2.24, 2.45) is 0 Å². The van der Waals surface area contributed by atoms with Crippen molar-refractivity contribution in [2.75, 3.05) is 19.6 Å². The lowest BCUT2D eigenvalue weighted by molar-refractivity contribution is -0.143. The molecule has 2 saturated heterocycles. The SMILES string of the molecule is CC(C)(C)c1ccc(C(=O)N2CCC[C@@H]2C(=O)O)nc1.CC(C)(NC(=O)c1ccc(C(C)(C)C)cn1)C(=O)O.CC1(F)CCN(C(=O)c2ccc(C(C)(C)C)cn2)CC1. The molecule has 3 aromatic heterocycles. The topological polar surface area (TPSA) is 183 Å². The van der Waals surface area contributed by atoms with Gasteiger partial charge < -0.3 is 25.3 Å². The quantitative estimate of drug-likeness (QED) is 0.227. The Morgan fingerprint density at radius 2 is 1.07 bits per heavy atom. The van der Waals surface area contributed by atoms with Crippen LogP contribution in [-0.2, 0) is 25.8 Å². The number of aliphatic carboxylic acids is 2. The third-order valence-electron chi connectivity index (χ3n) is 10.4. The summed E-state index contributed by atoms with van der Waals surface area (Å²) in [6.07, 6.45) is 7.14. The van der Waals surface area contributed by atoms with Crippen molar-refractivity contribution in [3.05, 3.63) is 88.8 Å². The molecule has 3 N–H and O–H groups in total. The highest BCUT2D eigenvalue weighted by molar-refractivity contribution is 5.96. The number of likely N-dealkylation sites (tertiary alicyclic amines) is 2. The molecule has 0 spiro atoms. The van der Waals surface area contributed by atoms with E-state index in [0.29, 0.717) is 50.3 Å². The van der Waals surface area contributed by atoms with Crippen molar-refractivity contribution in [1.29, 1.82) is 0 Å². The maximum absolute atomic E-state index is 13.7. The van der Waals surface area contributed by atoms with E-state index in [4.69, 9.17) is 10.2 Å². The highest BCUT2D eigenvalue weighted by Gasteiger charge is 2.35. The molecule has 5 rings (SSSR count). The molecule has 322 valence electrons. The zero-order chi connectivity index (χ0) is 44.7. The first kappa shape index (κ1) is 48.1. The number of hydrogen-bond donors (Lipinski definition) is 3. The number of nitrogens with one attached hydrogen (secondary N) is 1. The zero-order valence-electron chi connectivity index (χ0n) is 36.8. The second-order valence-corrected chi connectivity index (χ2v) is 19.1. The van der Waals surface area contributed by atoms with Crippen LogP contribution in [0, 0.1) is 0 Å². The van der Waals surface area contributed by atoms with Crippen molar-refractivity contribution in [1.82, 2.24) is 30.1 Å². The highest BCUT2D eigenvalue weighted by Crippen LogP contribution is 2.27. The lowest BCUT2D eigenvalue weighted by atomic mass is 9.88. The minimum absolute atomic E-state index is 0.0220. The average molecular weight is 819 g/mol. The zero-order valence-corrected chi connectivity index (χ0v) is 36.8. The molecule has 2 fully saturated rings. The van der Waals surface area contributed by atoms with Gasteiger partial charge in [0.25, 0.3) is 17.7 Å². The summed E-state index contributed by atoms with van der Waals surface area (Å²) in [7, 11) is 0. The molecule has 3 amide bonds. The Morgan fingerprint density at radius 3 is 1.42 bits per heavy atom. The van der Waals surface area contributed by atoms with Gasteiger partial charge in [-0.2, -0.15) is 0 Å². The van der Waals surface area contributed by atoms with Crippen LogP contribution in [0.4, 0.5) is 4.39 Å². The molecule has 1 atom stereocenters. The monoisotopic (exact) mass is 818 g/mol. The summed E-state index contributed by atoms with van der Waals surface area (Å²) in [6.45, 7) is 24.6. The van der Waals surface area contributed by atoms with Gasteiger partial charge >= 0.3 is 11.9 Å². The predicted molar refractivity (Wildman–Crippen MR) is 224 cm³/mol. The second kappa shape index (κ2) is 18.8. The van der Waals surface area contributed by atoms with Crippen molar-refractivity contribution in [3.63, 3.8) is 0 Å². The van der Waals surface area contributed by atoms with E-state index >= 15 is 0 Å². The molecule has 13 nitrogen and oxygen atoms in total. The summed E-state index contributed by atoms with van der Waals surface area (Å²) in [4.78, 5) is 74.2. The molecule has 0 bridgehead atoms. The Hall–Kier alpha value is -5.27. The molecule has 0 radical (unpaired) electrons. The van der Waals surface area contributed by atoms with Crippen molar-refractivity contribution in [2.45, 2.75) is 142 Å². The van der Waals surface area contributed by atoms with Gasteiger partial charge in [0, 0.05) is 38.2 Å². The number of halogens is 1. The molecular weight excluding hydrogens is 756 g/mol. The molecule has 0 unspecified atom stereocenters. The van der Waals surface area contributed by atoms with E-state index < -0.39 is 35.1 Å². The lowest BCUT2D eigenvalue weighted by Gasteiger charge is -2.34. The third-order valence-corrected chi connectivity index (χ3v) is 10.4. The maximum atomic E-state index is 13.7.